The van der Waals surface area contributed by atoms with Gasteiger partial charge in [-0.15, -0.1) is 0 Å². The molecular weight excluding hydrogens is 376 g/mol. The highest BCUT2D eigenvalue weighted by Gasteiger charge is 2.20. The Bertz CT molecular complexity index is 808. The minimum Gasteiger partial charge on any atom is -0.364 e. The lowest BCUT2D eigenvalue weighted by molar-refractivity contribution is -0.122. The van der Waals surface area contributed by atoms with Crippen LogP contribution in [0.25, 0.3) is 0 Å². The fourth-order valence-corrected chi connectivity index (χ4v) is 4.06. The van der Waals surface area contributed by atoms with Crippen molar-refractivity contribution < 1.29 is 9.32 Å². The fourth-order valence-electron chi connectivity index (χ4n) is 4.06. The molecule has 0 radical (unpaired) electrons. The third-order valence-corrected chi connectivity index (χ3v) is 5.97. The van der Waals surface area contributed by atoms with Crippen LogP contribution in [0.15, 0.2) is 29.0 Å². The first-order valence-corrected chi connectivity index (χ1v) is 10.9. The summed E-state index contributed by atoms with van der Waals surface area (Å²) in [5.74, 6) is 0.113. The number of nitrogens with one attached hydrogen (secondary N) is 1. The lowest BCUT2D eigenvalue weighted by Gasteiger charge is -2.33. The van der Waals surface area contributed by atoms with Crippen LogP contribution in [0, 0.1) is 13.8 Å². The summed E-state index contributed by atoms with van der Waals surface area (Å²) in [6.07, 6.45) is 2.48. The summed E-state index contributed by atoms with van der Waals surface area (Å²) in [6, 6.07) is 6.49. The molecule has 6 heteroatoms. The van der Waals surface area contributed by atoms with Gasteiger partial charge in [-0.05, 0) is 47.9 Å². The van der Waals surface area contributed by atoms with Crippen LogP contribution in [-0.2, 0) is 23.2 Å². The van der Waals surface area contributed by atoms with Crippen molar-refractivity contribution in [2.24, 2.45) is 0 Å². The molecule has 0 saturated carbocycles. The minimum absolute atomic E-state index is 0.113. The van der Waals surface area contributed by atoms with E-state index in [1.165, 1.54) is 22.3 Å². The largest absolute Gasteiger partial charge is 0.364 e. The van der Waals surface area contributed by atoms with Crippen molar-refractivity contribution in [1.82, 2.24) is 20.3 Å². The number of nitrogens with zero attached hydrogens (tertiary/aromatic N) is 3. The van der Waals surface area contributed by atoms with Crippen LogP contribution in [0.2, 0.25) is 0 Å². The second-order valence-corrected chi connectivity index (χ2v) is 9.48. The van der Waals surface area contributed by atoms with E-state index in [1.54, 1.807) is 6.26 Å². The van der Waals surface area contributed by atoms with E-state index in [9.17, 15) is 4.79 Å². The number of aromatic nitrogens is 1. The number of aryl methyl sites for hydroxylation is 2. The molecule has 0 unspecified atom stereocenters. The van der Waals surface area contributed by atoms with E-state index in [2.05, 4.69) is 67.0 Å². The average molecular weight is 413 g/mol. The number of hydrogen-bond donors (Lipinski definition) is 1. The first kappa shape index (κ1) is 22.5. The number of piperazine rings is 1. The molecule has 2 heterocycles. The second kappa shape index (κ2) is 9.75. The molecule has 6 nitrogen and oxygen atoms in total. The van der Waals surface area contributed by atoms with E-state index in [1.807, 2.05) is 6.07 Å². The van der Waals surface area contributed by atoms with Gasteiger partial charge in [0.2, 0.25) is 5.91 Å². The minimum atomic E-state index is 0.113. The molecule has 1 saturated heterocycles. The van der Waals surface area contributed by atoms with Gasteiger partial charge in [-0.2, -0.15) is 0 Å². The van der Waals surface area contributed by atoms with E-state index in [4.69, 9.17) is 4.52 Å². The van der Waals surface area contributed by atoms with E-state index in [-0.39, 0.29) is 11.3 Å². The van der Waals surface area contributed by atoms with E-state index < -0.39 is 0 Å². The molecule has 0 bridgehead atoms. The Balaban J connectivity index is 1.40. The van der Waals surface area contributed by atoms with Gasteiger partial charge in [-0.1, -0.05) is 38.1 Å². The molecule has 1 aromatic heterocycles. The fraction of sp³-hybridized carbons (Fsp3) is 0.583. The van der Waals surface area contributed by atoms with Crippen LogP contribution in [0.3, 0.4) is 0 Å². The van der Waals surface area contributed by atoms with Crippen LogP contribution in [0.4, 0.5) is 0 Å². The Kier molecular flexibility index (Phi) is 7.32. The number of rotatable bonds is 7. The first-order chi connectivity index (χ1) is 14.2. The predicted octanol–water partition coefficient (Wildman–Crippen LogP) is 3.07. The Morgan fingerprint density at radius 3 is 2.30 bits per heavy atom. The molecule has 1 aromatic carbocycles. The molecule has 164 valence electrons. The van der Waals surface area contributed by atoms with Crippen molar-refractivity contribution in [3.63, 3.8) is 0 Å². The normalized spacial score (nSPS) is 16.0. The number of benzene rings is 1. The SMILES string of the molecule is Cc1cc(C(C)(C)C)cc(C)c1CCNC(=O)CN1CCN(Cc2ccon2)CC1. The van der Waals surface area contributed by atoms with Crippen LogP contribution in [-0.4, -0.2) is 60.1 Å². The quantitative estimate of drug-likeness (QED) is 0.757. The molecule has 0 atom stereocenters. The van der Waals surface area contributed by atoms with Crippen molar-refractivity contribution in [3.8, 4) is 0 Å². The zero-order valence-electron chi connectivity index (χ0n) is 19.1. The van der Waals surface area contributed by atoms with Crippen molar-refractivity contribution in [2.75, 3.05) is 39.3 Å². The number of carbonyl (C=O) groups is 1. The molecular formula is C24H36N4O2. The van der Waals surface area contributed by atoms with E-state index >= 15 is 0 Å². The highest BCUT2D eigenvalue weighted by Crippen LogP contribution is 2.27. The lowest BCUT2D eigenvalue weighted by atomic mass is 9.83. The summed E-state index contributed by atoms with van der Waals surface area (Å²) in [4.78, 5) is 17.0. The summed E-state index contributed by atoms with van der Waals surface area (Å²) in [7, 11) is 0. The van der Waals surface area contributed by atoms with Crippen molar-refractivity contribution in [1.29, 1.82) is 0 Å². The molecule has 3 rings (SSSR count). The summed E-state index contributed by atoms with van der Waals surface area (Å²) in [5.41, 5.74) is 6.47. The van der Waals surface area contributed by atoms with Crippen LogP contribution >= 0.6 is 0 Å². The van der Waals surface area contributed by atoms with Crippen molar-refractivity contribution >= 4 is 5.91 Å². The smallest absolute Gasteiger partial charge is 0.234 e. The van der Waals surface area contributed by atoms with Gasteiger partial charge in [-0.3, -0.25) is 14.6 Å². The van der Waals surface area contributed by atoms with Gasteiger partial charge in [0.15, 0.2) is 0 Å². The number of hydrogen-bond acceptors (Lipinski definition) is 5. The zero-order valence-corrected chi connectivity index (χ0v) is 19.1. The maximum Gasteiger partial charge on any atom is 0.234 e. The van der Waals surface area contributed by atoms with Gasteiger partial charge in [0, 0.05) is 45.3 Å². The monoisotopic (exact) mass is 412 g/mol. The van der Waals surface area contributed by atoms with Crippen LogP contribution in [0.1, 0.15) is 48.7 Å². The van der Waals surface area contributed by atoms with Gasteiger partial charge in [-0.25, -0.2) is 0 Å². The maximum atomic E-state index is 12.4. The molecule has 2 aromatic rings. The summed E-state index contributed by atoms with van der Waals surface area (Å²) < 4.78 is 4.89. The third kappa shape index (κ3) is 6.16. The third-order valence-electron chi connectivity index (χ3n) is 5.97. The summed E-state index contributed by atoms with van der Waals surface area (Å²) in [5, 5.41) is 7.08. The molecule has 30 heavy (non-hydrogen) atoms. The second-order valence-electron chi connectivity index (χ2n) is 9.48. The van der Waals surface area contributed by atoms with Crippen molar-refractivity contribution in [2.45, 2.75) is 53.0 Å². The topological polar surface area (TPSA) is 61.6 Å². The van der Waals surface area contributed by atoms with Crippen molar-refractivity contribution in [3.05, 3.63) is 52.4 Å². The lowest BCUT2D eigenvalue weighted by Crippen LogP contribution is -2.49. The predicted molar refractivity (Wildman–Crippen MR) is 120 cm³/mol. The molecule has 1 N–H and O–H groups in total. The Hall–Kier alpha value is -2.18. The van der Waals surface area contributed by atoms with Gasteiger partial charge < -0.3 is 9.84 Å². The molecule has 1 fully saturated rings. The van der Waals surface area contributed by atoms with Gasteiger partial charge in [0.1, 0.15) is 6.26 Å². The van der Waals surface area contributed by atoms with E-state index in [0.717, 1.165) is 44.8 Å². The van der Waals surface area contributed by atoms with Gasteiger partial charge >= 0.3 is 0 Å². The Morgan fingerprint density at radius 1 is 1.10 bits per heavy atom. The maximum absolute atomic E-state index is 12.4. The molecule has 0 spiro atoms. The standard InChI is InChI=1S/C24H36N4O2/c1-18-14-20(24(3,4)5)15-19(2)22(18)6-8-25-23(29)17-28-11-9-27(10-12-28)16-21-7-13-30-26-21/h7,13-15H,6,8-12,16-17H2,1-5H3,(H,25,29). The van der Waals surface area contributed by atoms with Crippen LogP contribution in [0.5, 0.6) is 0 Å². The van der Waals surface area contributed by atoms with Gasteiger partial charge in [0.05, 0.1) is 12.2 Å². The molecule has 1 amide bonds. The number of amides is 1. The average Bonchev–Trinajstić information content (AvgIpc) is 3.17. The first-order valence-electron chi connectivity index (χ1n) is 10.9. The van der Waals surface area contributed by atoms with E-state index in [0.29, 0.717) is 13.1 Å². The number of carbonyl (C=O) groups excluding carboxylic acids is 1. The summed E-state index contributed by atoms with van der Waals surface area (Å²) in [6.45, 7) is 16.7. The molecule has 1 aliphatic rings. The van der Waals surface area contributed by atoms with Crippen LogP contribution < -0.4 is 5.32 Å². The Labute approximate surface area is 180 Å². The highest BCUT2D eigenvalue weighted by atomic mass is 16.5. The van der Waals surface area contributed by atoms with Gasteiger partial charge in [0.25, 0.3) is 0 Å². The highest BCUT2D eigenvalue weighted by molar-refractivity contribution is 5.78. The zero-order chi connectivity index (χ0) is 21.7. The Morgan fingerprint density at radius 2 is 1.73 bits per heavy atom. The molecule has 1 aliphatic heterocycles. The summed E-state index contributed by atoms with van der Waals surface area (Å²) >= 11 is 0. The molecule has 0 aliphatic carbocycles.